The summed E-state index contributed by atoms with van der Waals surface area (Å²) in [5.74, 6) is 0.227. The molecule has 0 radical (unpaired) electrons. The zero-order chi connectivity index (χ0) is 18.6. The number of hydrogen-bond donors (Lipinski definition) is 2. The number of hydrogen-bond acceptors (Lipinski definition) is 3. The van der Waals surface area contributed by atoms with Crippen molar-refractivity contribution in [2.45, 2.75) is 77.0 Å². The first-order valence-corrected chi connectivity index (χ1v) is 10.2. The molecule has 0 unspecified atom stereocenters. The molecule has 0 saturated carbocycles. The van der Waals surface area contributed by atoms with E-state index >= 15 is 0 Å². The second-order valence-electron chi connectivity index (χ2n) is 7.35. The van der Waals surface area contributed by atoms with Gasteiger partial charge in [0.05, 0.1) is 13.3 Å². The standard InChI is InChI=1S/C19H34N4O3/c24-17-11-7-3-1-5-9-13-22(17)15-20-19(26)21-16-23-14-10-6-2-4-8-12-18(23)25/h1-16H2,(H2,20,21,26). The molecule has 0 bridgehead atoms. The third kappa shape index (κ3) is 7.62. The molecule has 148 valence electrons. The Morgan fingerprint density at radius 1 is 0.654 bits per heavy atom. The maximum Gasteiger partial charge on any atom is 0.317 e. The summed E-state index contributed by atoms with van der Waals surface area (Å²) in [6, 6.07) is -0.328. The summed E-state index contributed by atoms with van der Waals surface area (Å²) in [5, 5.41) is 5.53. The van der Waals surface area contributed by atoms with Crippen molar-refractivity contribution in [2.24, 2.45) is 0 Å². The lowest BCUT2D eigenvalue weighted by Crippen LogP contribution is -2.49. The summed E-state index contributed by atoms with van der Waals surface area (Å²) in [4.78, 5) is 39.9. The molecule has 0 atom stereocenters. The topological polar surface area (TPSA) is 81.8 Å². The maximum atomic E-state index is 12.2. The molecular weight excluding hydrogens is 332 g/mol. The smallest absolute Gasteiger partial charge is 0.317 e. The highest BCUT2D eigenvalue weighted by Crippen LogP contribution is 2.12. The van der Waals surface area contributed by atoms with Crippen molar-refractivity contribution in [1.82, 2.24) is 20.4 Å². The third-order valence-corrected chi connectivity index (χ3v) is 5.20. The maximum absolute atomic E-state index is 12.2. The van der Waals surface area contributed by atoms with E-state index in [-0.39, 0.29) is 31.2 Å². The van der Waals surface area contributed by atoms with E-state index in [9.17, 15) is 14.4 Å². The molecule has 2 aliphatic heterocycles. The molecule has 0 aromatic carbocycles. The zero-order valence-electron chi connectivity index (χ0n) is 15.9. The third-order valence-electron chi connectivity index (χ3n) is 5.20. The summed E-state index contributed by atoms with van der Waals surface area (Å²) in [6.07, 6.45) is 11.8. The number of rotatable bonds is 4. The van der Waals surface area contributed by atoms with E-state index in [1.165, 1.54) is 12.8 Å². The van der Waals surface area contributed by atoms with E-state index in [0.29, 0.717) is 25.9 Å². The van der Waals surface area contributed by atoms with E-state index in [1.807, 2.05) is 0 Å². The van der Waals surface area contributed by atoms with Gasteiger partial charge in [-0.25, -0.2) is 4.79 Å². The number of carbonyl (C=O) groups excluding carboxylic acids is 3. The van der Waals surface area contributed by atoms with Gasteiger partial charge in [0.1, 0.15) is 0 Å². The molecule has 2 rings (SSSR count). The van der Waals surface area contributed by atoms with Gasteiger partial charge in [-0.3, -0.25) is 9.59 Å². The Labute approximate surface area is 156 Å². The van der Waals surface area contributed by atoms with Crippen molar-refractivity contribution in [3.63, 3.8) is 0 Å². The van der Waals surface area contributed by atoms with Crippen LogP contribution >= 0.6 is 0 Å². The number of amides is 4. The van der Waals surface area contributed by atoms with Gasteiger partial charge in [-0.2, -0.15) is 0 Å². The molecule has 7 heteroatoms. The second kappa shape index (κ2) is 11.8. The summed E-state index contributed by atoms with van der Waals surface area (Å²) < 4.78 is 0. The molecule has 2 heterocycles. The number of nitrogens with one attached hydrogen (secondary N) is 2. The lowest BCUT2D eigenvalue weighted by molar-refractivity contribution is -0.132. The van der Waals surface area contributed by atoms with Gasteiger partial charge in [0.15, 0.2) is 0 Å². The van der Waals surface area contributed by atoms with Crippen LogP contribution in [0.4, 0.5) is 4.79 Å². The molecule has 0 aromatic heterocycles. The fourth-order valence-electron chi connectivity index (χ4n) is 3.52. The molecular formula is C19H34N4O3. The van der Waals surface area contributed by atoms with Gasteiger partial charge < -0.3 is 20.4 Å². The Balaban J connectivity index is 1.72. The first kappa shape index (κ1) is 20.5. The minimum absolute atomic E-state index is 0.113. The van der Waals surface area contributed by atoms with Crippen LogP contribution in [-0.2, 0) is 9.59 Å². The SMILES string of the molecule is O=C(NCN1CCCCCCCC1=O)NCN1CCCCCCCC1=O. The molecule has 4 amide bonds. The highest BCUT2D eigenvalue weighted by Gasteiger charge is 2.17. The van der Waals surface area contributed by atoms with Crippen molar-refractivity contribution in [3.8, 4) is 0 Å². The van der Waals surface area contributed by atoms with Crippen LogP contribution in [0.25, 0.3) is 0 Å². The predicted molar refractivity (Wildman–Crippen MR) is 100 cm³/mol. The zero-order valence-corrected chi connectivity index (χ0v) is 15.9. The minimum Gasteiger partial charge on any atom is -0.325 e. The van der Waals surface area contributed by atoms with Crippen LogP contribution in [0, 0.1) is 0 Å². The Morgan fingerprint density at radius 3 is 1.50 bits per heavy atom. The van der Waals surface area contributed by atoms with E-state index in [0.717, 1.165) is 51.4 Å². The normalized spacial score (nSPS) is 20.9. The van der Waals surface area contributed by atoms with Crippen molar-refractivity contribution in [3.05, 3.63) is 0 Å². The first-order chi connectivity index (χ1) is 12.7. The summed E-state index contributed by atoms with van der Waals surface area (Å²) in [6.45, 7) is 1.87. The number of carbonyl (C=O) groups is 3. The largest absolute Gasteiger partial charge is 0.325 e. The van der Waals surface area contributed by atoms with Crippen LogP contribution < -0.4 is 10.6 Å². The lowest BCUT2D eigenvalue weighted by Gasteiger charge is -2.25. The Hall–Kier alpha value is -1.79. The summed E-state index contributed by atoms with van der Waals surface area (Å²) >= 11 is 0. The fraction of sp³-hybridized carbons (Fsp3) is 0.842. The van der Waals surface area contributed by atoms with Crippen LogP contribution in [0.15, 0.2) is 0 Å². The quantitative estimate of drug-likeness (QED) is 0.802. The monoisotopic (exact) mass is 366 g/mol. The molecule has 2 aliphatic rings. The average Bonchev–Trinajstić information content (AvgIpc) is 2.80. The van der Waals surface area contributed by atoms with Gasteiger partial charge in [0, 0.05) is 25.9 Å². The first-order valence-electron chi connectivity index (χ1n) is 10.2. The number of nitrogens with zero attached hydrogens (tertiary/aromatic N) is 2. The van der Waals surface area contributed by atoms with E-state index in [4.69, 9.17) is 0 Å². The van der Waals surface area contributed by atoms with Gasteiger partial charge in [-0.1, -0.05) is 38.5 Å². The lowest BCUT2D eigenvalue weighted by atomic mass is 10.1. The summed E-state index contributed by atoms with van der Waals surface area (Å²) in [7, 11) is 0. The molecule has 0 aliphatic carbocycles. The van der Waals surface area contributed by atoms with Gasteiger partial charge in [0.25, 0.3) is 0 Å². The Morgan fingerprint density at radius 2 is 1.04 bits per heavy atom. The Kier molecular flexibility index (Phi) is 9.28. The Bertz CT molecular complexity index is 430. The van der Waals surface area contributed by atoms with Crippen LogP contribution in [0.2, 0.25) is 0 Å². The van der Waals surface area contributed by atoms with Crippen LogP contribution in [-0.4, -0.2) is 54.1 Å². The molecule has 0 aromatic rings. The molecule has 0 spiro atoms. The van der Waals surface area contributed by atoms with Crippen molar-refractivity contribution >= 4 is 17.8 Å². The molecule has 2 saturated heterocycles. The highest BCUT2D eigenvalue weighted by atomic mass is 16.2. The van der Waals surface area contributed by atoms with Crippen LogP contribution in [0.3, 0.4) is 0 Å². The van der Waals surface area contributed by atoms with Gasteiger partial charge in [-0.05, 0) is 25.7 Å². The van der Waals surface area contributed by atoms with E-state index < -0.39 is 0 Å². The molecule has 26 heavy (non-hydrogen) atoms. The van der Waals surface area contributed by atoms with Crippen molar-refractivity contribution < 1.29 is 14.4 Å². The molecule has 7 nitrogen and oxygen atoms in total. The molecule has 2 fully saturated rings. The average molecular weight is 367 g/mol. The predicted octanol–water partition coefficient (Wildman–Crippen LogP) is 2.57. The van der Waals surface area contributed by atoms with Crippen LogP contribution in [0.1, 0.15) is 77.0 Å². The molecule has 2 N–H and O–H groups in total. The van der Waals surface area contributed by atoms with Crippen LogP contribution in [0.5, 0.6) is 0 Å². The van der Waals surface area contributed by atoms with E-state index in [2.05, 4.69) is 10.6 Å². The highest BCUT2D eigenvalue weighted by molar-refractivity contribution is 5.79. The van der Waals surface area contributed by atoms with Gasteiger partial charge in [-0.15, -0.1) is 0 Å². The van der Waals surface area contributed by atoms with Gasteiger partial charge >= 0.3 is 6.03 Å². The van der Waals surface area contributed by atoms with Crippen molar-refractivity contribution in [1.29, 1.82) is 0 Å². The van der Waals surface area contributed by atoms with Gasteiger partial charge in [0.2, 0.25) is 11.8 Å². The number of urea groups is 1. The minimum atomic E-state index is -0.328. The second-order valence-corrected chi connectivity index (χ2v) is 7.35. The summed E-state index contributed by atoms with van der Waals surface area (Å²) in [5.41, 5.74) is 0. The van der Waals surface area contributed by atoms with Crippen molar-refractivity contribution in [2.75, 3.05) is 26.4 Å². The van der Waals surface area contributed by atoms with E-state index in [1.54, 1.807) is 9.80 Å². The fourth-order valence-corrected chi connectivity index (χ4v) is 3.52.